The molecule has 28 heavy (non-hydrogen) atoms. The molecule has 1 N–H and O–H groups in total. The molecule has 1 aromatic carbocycles. The van der Waals surface area contributed by atoms with Gasteiger partial charge in [-0.05, 0) is 45.6 Å². The zero-order chi connectivity index (χ0) is 20.5. The molecule has 1 unspecified atom stereocenters. The Morgan fingerprint density at radius 3 is 2.46 bits per heavy atom. The predicted octanol–water partition coefficient (Wildman–Crippen LogP) is 2.60. The van der Waals surface area contributed by atoms with Gasteiger partial charge in [0, 0.05) is 12.5 Å². The van der Waals surface area contributed by atoms with Gasteiger partial charge in [0.05, 0.1) is 7.11 Å². The molecule has 1 aliphatic heterocycles. The van der Waals surface area contributed by atoms with Crippen LogP contribution in [0.3, 0.4) is 0 Å². The molecular formula is C21H28N2O5. The van der Waals surface area contributed by atoms with Gasteiger partial charge in [0.25, 0.3) is 0 Å². The van der Waals surface area contributed by atoms with E-state index in [4.69, 9.17) is 9.47 Å². The minimum absolute atomic E-state index is 0.160. The number of alkyl carbamates (subject to hydrolysis) is 1. The van der Waals surface area contributed by atoms with E-state index >= 15 is 0 Å². The van der Waals surface area contributed by atoms with Crippen LogP contribution in [0.15, 0.2) is 30.3 Å². The van der Waals surface area contributed by atoms with Crippen LogP contribution in [0.1, 0.15) is 51.5 Å². The highest BCUT2D eigenvalue weighted by molar-refractivity contribution is 5.97. The highest BCUT2D eigenvalue weighted by Crippen LogP contribution is 2.53. The van der Waals surface area contributed by atoms with Crippen LogP contribution >= 0.6 is 0 Å². The molecule has 7 heteroatoms. The SMILES string of the molecule is COC(=O)[C@@H]1CCCN1C(=O)[C@@]1(NC(=O)OC(C)(C)C)CC1c1ccccc1. The lowest BCUT2D eigenvalue weighted by atomic mass is 10.0. The summed E-state index contributed by atoms with van der Waals surface area (Å²) in [5.41, 5.74) is -0.797. The molecule has 1 saturated carbocycles. The Labute approximate surface area is 165 Å². The second-order valence-electron chi connectivity index (χ2n) is 8.45. The van der Waals surface area contributed by atoms with Crippen molar-refractivity contribution in [2.24, 2.45) is 0 Å². The Hall–Kier alpha value is -2.57. The number of amides is 2. The third kappa shape index (κ3) is 3.98. The van der Waals surface area contributed by atoms with E-state index in [9.17, 15) is 14.4 Å². The van der Waals surface area contributed by atoms with Crippen molar-refractivity contribution in [3.05, 3.63) is 35.9 Å². The van der Waals surface area contributed by atoms with Gasteiger partial charge in [0.1, 0.15) is 17.2 Å². The number of benzene rings is 1. The highest BCUT2D eigenvalue weighted by atomic mass is 16.6. The van der Waals surface area contributed by atoms with Crippen LogP contribution < -0.4 is 5.32 Å². The first-order chi connectivity index (χ1) is 13.2. The fraction of sp³-hybridized carbons (Fsp3) is 0.571. The van der Waals surface area contributed by atoms with Crippen LogP contribution in [-0.2, 0) is 19.1 Å². The summed E-state index contributed by atoms with van der Waals surface area (Å²) in [6, 6.07) is 9.00. The molecule has 1 aliphatic carbocycles. The molecule has 2 aliphatic rings. The Morgan fingerprint density at radius 1 is 1.18 bits per heavy atom. The number of ether oxygens (including phenoxy) is 2. The van der Waals surface area contributed by atoms with Gasteiger partial charge in [-0.15, -0.1) is 0 Å². The van der Waals surface area contributed by atoms with E-state index in [1.165, 1.54) is 7.11 Å². The van der Waals surface area contributed by atoms with Crippen molar-refractivity contribution in [2.45, 2.75) is 63.1 Å². The van der Waals surface area contributed by atoms with Crippen molar-refractivity contribution in [1.29, 1.82) is 0 Å². The number of rotatable bonds is 4. The summed E-state index contributed by atoms with van der Waals surface area (Å²) in [6.07, 6.45) is 1.13. The maximum Gasteiger partial charge on any atom is 0.408 e. The molecule has 1 heterocycles. The Bertz CT molecular complexity index is 758. The highest BCUT2D eigenvalue weighted by Gasteiger charge is 2.64. The van der Waals surface area contributed by atoms with Crippen LogP contribution in [0.4, 0.5) is 4.79 Å². The lowest BCUT2D eigenvalue weighted by Crippen LogP contribution is -2.55. The number of hydrogen-bond donors (Lipinski definition) is 1. The van der Waals surface area contributed by atoms with Crippen LogP contribution in [0.5, 0.6) is 0 Å². The zero-order valence-electron chi connectivity index (χ0n) is 16.9. The van der Waals surface area contributed by atoms with Crippen molar-refractivity contribution >= 4 is 18.0 Å². The molecule has 152 valence electrons. The molecule has 0 spiro atoms. The first-order valence-electron chi connectivity index (χ1n) is 9.63. The average molecular weight is 388 g/mol. The first-order valence-corrected chi connectivity index (χ1v) is 9.63. The van der Waals surface area contributed by atoms with Gasteiger partial charge >= 0.3 is 12.1 Å². The van der Waals surface area contributed by atoms with Gasteiger partial charge < -0.3 is 19.7 Å². The molecule has 0 radical (unpaired) electrons. The minimum Gasteiger partial charge on any atom is -0.467 e. The largest absolute Gasteiger partial charge is 0.467 e. The predicted molar refractivity (Wildman–Crippen MR) is 103 cm³/mol. The van der Waals surface area contributed by atoms with Crippen LogP contribution in [0.2, 0.25) is 0 Å². The summed E-state index contributed by atoms with van der Waals surface area (Å²) in [6.45, 7) is 5.79. The van der Waals surface area contributed by atoms with E-state index in [0.717, 1.165) is 12.0 Å². The average Bonchev–Trinajstić information content (AvgIpc) is 3.14. The van der Waals surface area contributed by atoms with E-state index in [-0.39, 0.29) is 11.8 Å². The van der Waals surface area contributed by atoms with E-state index in [2.05, 4.69) is 5.32 Å². The van der Waals surface area contributed by atoms with Gasteiger partial charge in [-0.2, -0.15) is 0 Å². The second-order valence-corrected chi connectivity index (χ2v) is 8.45. The van der Waals surface area contributed by atoms with E-state index < -0.39 is 29.2 Å². The van der Waals surface area contributed by atoms with Crippen molar-refractivity contribution in [2.75, 3.05) is 13.7 Å². The van der Waals surface area contributed by atoms with Crippen molar-refractivity contribution in [3.63, 3.8) is 0 Å². The van der Waals surface area contributed by atoms with Gasteiger partial charge in [-0.1, -0.05) is 30.3 Å². The normalized spacial score (nSPS) is 26.5. The quantitative estimate of drug-likeness (QED) is 0.802. The smallest absolute Gasteiger partial charge is 0.408 e. The van der Waals surface area contributed by atoms with Crippen molar-refractivity contribution in [3.8, 4) is 0 Å². The van der Waals surface area contributed by atoms with Crippen LogP contribution in [0, 0.1) is 0 Å². The summed E-state index contributed by atoms with van der Waals surface area (Å²) < 4.78 is 10.3. The standard InChI is InChI=1S/C21H28N2O5/c1-20(2,3)28-19(26)22-21(13-15(21)14-9-6-5-7-10-14)18(25)23-12-8-11-16(23)17(24)27-4/h5-7,9-10,15-16H,8,11-13H2,1-4H3,(H,22,26)/t15?,16-,21+/m0/s1. The Balaban J connectivity index is 1.86. The van der Waals surface area contributed by atoms with Gasteiger partial charge in [-0.25, -0.2) is 9.59 Å². The number of likely N-dealkylation sites (tertiary alicyclic amines) is 1. The molecule has 0 bridgehead atoms. The number of nitrogens with one attached hydrogen (secondary N) is 1. The third-order valence-electron chi connectivity index (χ3n) is 5.26. The van der Waals surface area contributed by atoms with E-state index in [0.29, 0.717) is 19.4 Å². The number of hydrogen-bond acceptors (Lipinski definition) is 5. The monoisotopic (exact) mass is 388 g/mol. The lowest BCUT2D eigenvalue weighted by molar-refractivity contribution is -0.152. The first kappa shape index (κ1) is 20.2. The maximum absolute atomic E-state index is 13.5. The van der Waals surface area contributed by atoms with E-state index in [1.807, 2.05) is 30.3 Å². The molecule has 2 amide bonds. The number of nitrogens with zero attached hydrogens (tertiary/aromatic N) is 1. The molecule has 3 atom stereocenters. The van der Waals surface area contributed by atoms with Crippen LogP contribution in [0.25, 0.3) is 0 Å². The zero-order valence-corrected chi connectivity index (χ0v) is 16.9. The molecule has 1 aromatic rings. The Morgan fingerprint density at radius 2 is 1.86 bits per heavy atom. The van der Waals surface area contributed by atoms with Crippen molar-refractivity contribution < 1.29 is 23.9 Å². The maximum atomic E-state index is 13.5. The van der Waals surface area contributed by atoms with Crippen LogP contribution in [-0.4, -0.2) is 53.7 Å². The summed E-state index contributed by atoms with van der Waals surface area (Å²) in [7, 11) is 1.32. The molecule has 2 fully saturated rings. The van der Waals surface area contributed by atoms with Gasteiger partial charge in [0.15, 0.2) is 0 Å². The molecule has 0 aromatic heterocycles. The number of methoxy groups -OCH3 is 1. The molecular weight excluding hydrogens is 360 g/mol. The molecule has 1 saturated heterocycles. The molecule has 7 nitrogen and oxygen atoms in total. The Kier molecular flexibility index (Phi) is 5.37. The lowest BCUT2D eigenvalue weighted by Gasteiger charge is -2.30. The van der Waals surface area contributed by atoms with Gasteiger partial charge in [0.2, 0.25) is 5.91 Å². The number of esters is 1. The number of carbonyl (C=O) groups is 3. The third-order valence-corrected chi connectivity index (χ3v) is 5.26. The summed E-state index contributed by atoms with van der Waals surface area (Å²) in [5, 5.41) is 2.82. The van der Waals surface area contributed by atoms with Crippen molar-refractivity contribution in [1.82, 2.24) is 10.2 Å². The molecule has 3 rings (SSSR count). The summed E-state index contributed by atoms with van der Waals surface area (Å²) >= 11 is 0. The number of carbonyl (C=O) groups excluding carboxylic acids is 3. The van der Waals surface area contributed by atoms with Gasteiger partial charge in [-0.3, -0.25) is 4.79 Å². The fourth-order valence-electron chi connectivity index (χ4n) is 3.91. The van der Waals surface area contributed by atoms with E-state index in [1.54, 1.807) is 25.7 Å². The fourth-order valence-corrected chi connectivity index (χ4v) is 3.91. The summed E-state index contributed by atoms with van der Waals surface area (Å²) in [5.74, 6) is -0.831. The second kappa shape index (κ2) is 7.45. The minimum atomic E-state index is -1.10. The summed E-state index contributed by atoms with van der Waals surface area (Å²) in [4.78, 5) is 39.6. The topological polar surface area (TPSA) is 84.9 Å².